The Labute approximate surface area is 173 Å². The van der Waals surface area contributed by atoms with E-state index in [1.807, 2.05) is 13.0 Å². The van der Waals surface area contributed by atoms with Gasteiger partial charge < -0.3 is 15.2 Å². The molecule has 2 aliphatic rings. The van der Waals surface area contributed by atoms with Crippen LogP contribution < -0.4 is 0 Å². The van der Waals surface area contributed by atoms with Crippen molar-refractivity contribution >= 4 is 13.1 Å². The SMILES string of the molecule is C/C(CCCB(O)O)=C(\C(=O)O)C1CCC(C2CCCc3ccc(F)cc32)CC1. The molecule has 0 saturated heterocycles. The van der Waals surface area contributed by atoms with E-state index in [0.717, 1.165) is 50.5 Å². The van der Waals surface area contributed by atoms with Crippen LogP contribution in [0.1, 0.15) is 75.3 Å². The molecule has 3 rings (SSSR count). The highest BCUT2D eigenvalue weighted by Gasteiger charge is 2.34. The summed E-state index contributed by atoms with van der Waals surface area (Å²) in [5.41, 5.74) is 3.82. The van der Waals surface area contributed by atoms with Crippen molar-refractivity contribution in [3.63, 3.8) is 0 Å². The minimum Gasteiger partial charge on any atom is -0.478 e. The molecule has 29 heavy (non-hydrogen) atoms. The molecule has 1 aromatic rings. The van der Waals surface area contributed by atoms with E-state index in [0.29, 0.717) is 30.3 Å². The second-order valence-electron chi connectivity index (χ2n) is 8.83. The summed E-state index contributed by atoms with van der Waals surface area (Å²) in [5, 5.41) is 27.8. The monoisotopic (exact) mass is 402 g/mol. The fraction of sp³-hybridized carbons (Fsp3) is 0.609. The largest absolute Gasteiger partial charge is 0.478 e. The van der Waals surface area contributed by atoms with Crippen LogP contribution in [0.3, 0.4) is 0 Å². The molecule has 0 amide bonds. The van der Waals surface area contributed by atoms with Gasteiger partial charge in [-0.1, -0.05) is 18.1 Å². The molecule has 1 fully saturated rings. The Bertz CT molecular complexity index is 753. The van der Waals surface area contributed by atoms with E-state index < -0.39 is 13.1 Å². The Kier molecular flexibility index (Phi) is 7.52. The zero-order valence-corrected chi connectivity index (χ0v) is 17.2. The summed E-state index contributed by atoms with van der Waals surface area (Å²) in [5.74, 6) is -0.0743. The predicted molar refractivity (Wildman–Crippen MR) is 112 cm³/mol. The molecule has 0 aliphatic heterocycles. The van der Waals surface area contributed by atoms with Crippen LogP contribution in [0.25, 0.3) is 0 Å². The van der Waals surface area contributed by atoms with Crippen LogP contribution in [-0.4, -0.2) is 28.2 Å². The third kappa shape index (κ3) is 5.49. The fourth-order valence-corrected chi connectivity index (χ4v) is 5.50. The van der Waals surface area contributed by atoms with Crippen molar-refractivity contribution in [2.45, 2.75) is 76.9 Å². The maximum absolute atomic E-state index is 13.8. The summed E-state index contributed by atoms with van der Waals surface area (Å²) in [6.45, 7) is 1.86. The fourth-order valence-electron chi connectivity index (χ4n) is 5.50. The van der Waals surface area contributed by atoms with Gasteiger partial charge in [-0.25, -0.2) is 9.18 Å². The summed E-state index contributed by atoms with van der Waals surface area (Å²) in [6, 6.07) is 5.20. The molecule has 0 spiro atoms. The lowest BCUT2D eigenvalue weighted by Crippen LogP contribution is -2.26. The van der Waals surface area contributed by atoms with Crippen molar-refractivity contribution in [2.24, 2.45) is 11.8 Å². The first-order valence-electron chi connectivity index (χ1n) is 10.9. The van der Waals surface area contributed by atoms with Crippen LogP contribution >= 0.6 is 0 Å². The molecule has 2 aliphatic carbocycles. The zero-order valence-electron chi connectivity index (χ0n) is 17.2. The second kappa shape index (κ2) is 9.90. The van der Waals surface area contributed by atoms with E-state index >= 15 is 0 Å². The molecule has 1 unspecified atom stereocenters. The van der Waals surface area contributed by atoms with E-state index in [1.54, 1.807) is 12.1 Å². The highest BCUT2D eigenvalue weighted by atomic mass is 19.1. The maximum atomic E-state index is 13.8. The number of allylic oxidation sites excluding steroid dienone is 1. The predicted octanol–water partition coefficient (Wildman–Crippen LogP) is 4.71. The third-order valence-electron chi connectivity index (χ3n) is 6.92. The number of rotatable bonds is 7. The van der Waals surface area contributed by atoms with Crippen LogP contribution in [-0.2, 0) is 11.2 Å². The number of benzene rings is 1. The molecule has 0 heterocycles. The number of halogens is 1. The van der Waals surface area contributed by atoms with Crippen molar-refractivity contribution in [1.82, 2.24) is 0 Å². The lowest BCUT2D eigenvalue weighted by molar-refractivity contribution is -0.133. The molecule has 1 aromatic carbocycles. The first-order valence-corrected chi connectivity index (χ1v) is 10.9. The van der Waals surface area contributed by atoms with Crippen molar-refractivity contribution in [3.8, 4) is 0 Å². The van der Waals surface area contributed by atoms with Gasteiger partial charge in [0.2, 0.25) is 0 Å². The quantitative estimate of drug-likeness (QED) is 0.456. The van der Waals surface area contributed by atoms with E-state index in [1.165, 1.54) is 11.1 Å². The highest BCUT2D eigenvalue weighted by Crippen LogP contribution is 2.46. The van der Waals surface area contributed by atoms with Crippen LogP contribution in [0.5, 0.6) is 0 Å². The van der Waals surface area contributed by atoms with Crippen molar-refractivity contribution in [2.75, 3.05) is 0 Å². The Balaban J connectivity index is 1.66. The molecule has 0 aromatic heterocycles. The number of hydrogen-bond donors (Lipinski definition) is 3. The summed E-state index contributed by atoms with van der Waals surface area (Å²) in [4.78, 5) is 11.9. The lowest BCUT2D eigenvalue weighted by atomic mass is 9.67. The number of hydrogen-bond acceptors (Lipinski definition) is 3. The molecule has 3 N–H and O–H groups in total. The molecule has 6 heteroatoms. The number of fused-ring (bicyclic) bond motifs is 1. The van der Waals surface area contributed by atoms with Crippen molar-refractivity contribution in [3.05, 3.63) is 46.3 Å². The molecule has 0 bridgehead atoms. The van der Waals surface area contributed by atoms with Gasteiger partial charge in [-0.3, -0.25) is 0 Å². The second-order valence-corrected chi connectivity index (χ2v) is 8.83. The van der Waals surface area contributed by atoms with Gasteiger partial charge in [0.1, 0.15) is 5.82 Å². The smallest absolute Gasteiger partial charge is 0.451 e. The van der Waals surface area contributed by atoms with Crippen LogP contribution in [0.4, 0.5) is 4.39 Å². The summed E-state index contributed by atoms with van der Waals surface area (Å²) < 4.78 is 13.8. The van der Waals surface area contributed by atoms with Gasteiger partial charge >= 0.3 is 13.1 Å². The molecular weight excluding hydrogens is 370 g/mol. The first kappa shape index (κ1) is 22.0. The number of carboxylic acid groups (broad SMARTS) is 1. The number of aryl methyl sites for hydroxylation is 1. The van der Waals surface area contributed by atoms with E-state index in [2.05, 4.69) is 0 Å². The number of carboxylic acids is 1. The minimum absolute atomic E-state index is 0.0540. The van der Waals surface area contributed by atoms with E-state index in [-0.39, 0.29) is 18.1 Å². The average molecular weight is 402 g/mol. The molecule has 1 saturated carbocycles. The molecule has 0 radical (unpaired) electrons. The maximum Gasteiger partial charge on any atom is 0.451 e. The van der Waals surface area contributed by atoms with Gasteiger partial charge in [-0.05, 0) is 106 Å². The number of carbonyl (C=O) groups is 1. The van der Waals surface area contributed by atoms with Gasteiger partial charge in [0.05, 0.1) is 0 Å². The van der Waals surface area contributed by atoms with Gasteiger partial charge in [-0.2, -0.15) is 0 Å². The van der Waals surface area contributed by atoms with Crippen LogP contribution in [0.15, 0.2) is 29.3 Å². The first-order chi connectivity index (χ1) is 13.9. The van der Waals surface area contributed by atoms with Crippen molar-refractivity contribution in [1.29, 1.82) is 0 Å². The van der Waals surface area contributed by atoms with Crippen LogP contribution in [0, 0.1) is 17.7 Å². The summed E-state index contributed by atoms with van der Waals surface area (Å²) >= 11 is 0. The van der Waals surface area contributed by atoms with Crippen molar-refractivity contribution < 1.29 is 24.3 Å². The van der Waals surface area contributed by atoms with E-state index in [9.17, 15) is 14.3 Å². The minimum atomic E-state index is -1.34. The van der Waals surface area contributed by atoms with Crippen LogP contribution in [0.2, 0.25) is 6.32 Å². The average Bonchev–Trinajstić information content (AvgIpc) is 2.67. The summed E-state index contributed by atoms with van der Waals surface area (Å²) in [7, 11) is -1.34. The standard InChI is InChI=1S/C23H32BFO4/c1-15(4-3-13-24(28)29)22(23(26)27)18-9-7-17(8-10-18)20-6-2-5-16-11-12-19(25)14-21(16)20/h11-12,14,17-18,20,28-29H,2-10,13H2,1H3,(H,26,27)/b22-15+. The Hall–Kier alpha value is -1.66. The lowest BCUT2D eigenvalue weighted by Gasteiger charge is -2.37. The number of aliphatic carboxylic acids is 1. The molecule has 158 valence electrons. The Morgan fingerprint density at radius 3 is 2.55 bits per heavy atom. The van der Waals surface area contributed by atoms with E-state index in [4.69, 9.17) is 10.0 Å². The highest BCUT2D eigenvalue weighted by molar-refractivity contribution is 6.40. The zero-order chi connectivity index (χ0) is 21.0. The topological polar surface area (TPSA) is 77.8 Å². The van der Waals surface area contributed by atoms with Gasteiger partial charge in [0, 0.05) is 5.57 Å². The van der Waals surface area contributed by atoms with Gasteiger partial charge in [-0.15, -0.1) is 0 Å². The van der Waals surface area contributed by atoms with Gasteiger partial charge in [0.25, 0.3) is 0 Å². The Morgan fingerprint density at radius 1 is 1.17 bits per heavy atom. The third-order valence-corrected chi connectivity index (χ3v) is 6.92. The molecular formula is C23H32BFO4. The molecule has 1 atom stereocenters. The summed E-state index contributed by atoms with van der Waals surface area (Å²) in [6.07, 6.45) is 8.32. The normalized spacial score (nSPS) is 25.2. The Morgan fingerprint density at radius 2 is 1.90 bits per heavy atom. The molecule has 4 nitrogen and oxygen atoms in total. The van der Waals surface area contributed by atoms with Gasteiger partial charge in [0.15, 0.2) is 0 Å².